The molecule has 1 N–H and O–H groups in total. The summed E-state index contributed by atoms with van der Waals surface area (Å²) in [5, 5.41) is 4.33. The Morgan fingerprint density at radius 2 is 2.09 bits per heavy atom. The van der Waals surface area contributed by atoms with Crippen molar-refractivity contribution < 1.29 is 4.74 Å². The Labute approximate surface area is 145 Å². The van der Waals surface area contributed by atoms with Crippen molar-refractivity contribution in [1.82, 2.24) is 4.90 Å². The van der Waals surface area contributed by atoms with Crippen LogP contribution in [0.2, 0.25) is 5.02 Å². The van der Waals surface area contributed by atoms with Crippen molar-refractivity contribution in [2.75, 3.05) is 18.4 Å². The average Bonchev–Trinajstić information content (AvgIpc) is 2.68. The Balaban J connectivity index is 1.85. The number of ether oxygens (including phenoxy) is 1. The van der Waals surface area contributed by atoms with Crippen molar-refractivity contribution in [3.63, 3.8) is 0 Å². The minimum absolute atomic E-state index is 0.448. The van der Waals surface area contributed by atoms with E-state index in [1.165, 1.54) is 0 Å². The van der Waals surface area contributed by atoms with Crippen LogP contribution >= 0.6 is 36.0 Å². The monoisotopic (exact) mass is 353 g/mol. The van der Waals surface area contributed by atoms with Crippen molar-refractivity contribution >= 4 is 57.7 Å². The number of nitrogens with zero attached hydrogens (tertiary/aromatic N) is 2. The van der Waals surface area contributed by atoms with E-state index in [1.54, 1.807) is 0 Å². The van der Waals surface area contributed by atoms with Gasteiger partial charge in [0.05, 0.1) is 0 Å². The number of nitrogens with one attached hydrogen (secondary N) is 1. The van der Waals surface area contributed by atoms with Crippen molar-refractivity contribution in [2.45, 2.75) is 25.4 Å². The Bertz CT molecular complexity index is 647. The molecule has 7 heteroatoms. The first-order chi connectivity index (χ1) is 10.5. The summed E-state index contributed by atoms with van der Waals surface area (Å²) < 4.78 is 5.91. The van der Waals surface area contributed by atoms with Gasteiger partial charge in [-0.15, -0.1) is 0 Å². The second-order valence-electron chi connectivity index (χ2n) is 5.43. The largest absolute Gasteiger partial charge is 0.449 e. The molecule has 4 nitrogen and oxygen atoms in total. The molecule has 2 heterocycles. The zero-order valence-corrected chi connectivity index (χ0v) is 14.5. The Morgan fingerprint density at radius 3 is 2.82 bits per heavy atom. The van der Waals surface area contributed by atoms with Gasteiger partial charge in [0.15, 0.2) is 5.84 Å². The fourth-order valence-electron chi connectivity index (χ4n) is 2.55. The van der Waals surface area contributed by atoms with Gasteiger partial charge in [-0.3, -0.25) is 9.89 Å². The summed E-state index contributed by atoms with van der Waals surface area (Å²) in [4.78, 5) is 7.15. The normalized spacial score (nSPS) is 24.2. The van der Waals surface area contributed by atoms with Crippen LogP contribution in [0.4, 0.5) is 5.69 Å². The van der Waals surface area contributed by atoms with Gasteiger partial charge in [0, 0.05) is 23.8 Å². The van der Waals surface area contributed by atoms with Crippen molar-refractivity contribution in [1.29, 1.82) is 0 Å². The molecule has 3 rings (SSSR count). The standard InChI is InChI=1S/C15H16ClN3OS2/c1-15(13(21)18-11-6-4-10(16)5-7-11)12-17-8-2-3-9-19(12)14(22)20-15/h4-7H,2-3,8-9H2,1H3,(H,18,21). The number of aliphatic imine (C=N–C) groups is 1. The van der Waals surface area contributed by atoms with E-state index in [0.29, 0.717) is 15.2 Å². The number of thiocarbonyl (C=S) groups is 2. The summed E-state index contributed by atoms with van der Waals surface area (Å²) in [7, 11) is 0. The summed E-state index contributed by atoms with van der Waals surface area (Å²) in [6.45, 7) is 3.52. The van der Waals surface area contributed by atoms with Gasteiger partial charge in [-0.1, -0.05) is 23.8 Å². The highest BCUT2D eigenvalue weighted by Crippen LogP contribution is 2.30. The van der Waals surface area contributed by atoms with Crippen LogP contribution in [-0.4, -0.2) is 39.6 Å². The molecule has 0 spiro atoms. The molecule has 0 bridgehead atoms. The lowest BCUT2D eigenvalue weighted by Gasteiger charge is -2.25. The molecule has 1 aromatic carbocycles. The number of anilines is 1. The first-order valence-electron chi connectivity index (χ1n) is 7.13. The lowest BCUT2D eigenvalue weighted by atomic mass is 10.0. The van der Waals surface area contributed by atoms with E-state index in [9.17, 15) is 0 Å². The van der Waals surface area contributed by atoms with E-state index in [-0.39, 0.29) is 0 Å². The lowest BCUT2D eigenvalue weighted by Crippen LogP contribution is -2.47. The number of hydrogen-bond donors (Lipinski definition) is 1. The molecule has 22 heavy (non-hydrogen) atoms. The maximum Gasteiger partial charge on any atom is 0.266 e. The SMILES string of the molecule is CC1(C(=S)Nc2ccc(Cl)cc2)OC(=S)N2CCCCN=C21. The molecule has 1 fully saturated rings. The zero-order valence-electron chi connectivity index (χ0n) is 12.1. The minimum atomic E-state index is -0.823. The predicted molar refractivity (Wildman–Crippen MR) is 98.0 cm³/mol. The smallest absolute Gasteiger partial charge is 0.266 e. The maximum absolute atomic E-state index is 5.91. The van der Waals surface area contributed by atoms with Gasteiger partial charge < -0.3 is 10.1 Å². The maximum atomic E-state index is 5.91. The van der Waals surface area contributed by atoms with E-state index in [1.807, 2.05) is 36.1 Å². The van der Waals surface area contributed by atoms with Gasteiger partial charge >= 0.3 is 0 Å². The number of fused-ring (bicyclic) bond motifs is 1. The van der Waals surface area contributed by atoms with Gasteiger partial charge in [-0.2, -0.15) is 0 Å². The molecule has 0 aromatic heterocycles. The highest BCUT2D eigenvalue weighted by Gasteiger charge is 2.49. The number of rotatable bonds is 2. The fraction of sp³-hybridized carbons (Fsp3) is 0.400. The van der Waals surface area contributed by atoms with Crippen LogP contribution in [0.1, 0.15) is 19.8 Å². The van der Waals surface area contributed by atoms with Gasteiger partial charge in [-0.25, -0.2) is 0 Å². The van der Waals surface area contributed by atoms with Crippen molar-refractivity contribution in [2.24, 2.45) is 4.99 Å². The van der Waals surface area contributed by atoms with Crippen LogP contribution in [0.25, 0.3) is 0 Å². The van der Waals surface area contributed by atoms with E-state index >= 15 is 0 Å². The van der Waals surface area contributed by atoms with E-state index < -0.39 is 5.60 Å². The molecule has 0 amide bonds. The molecule has 1 unspecified atom stereocenters. The lowest BCUT2D eigenvalue weighted by molar-refractivity contribution is 0.238. The molecular formula is C15H16ClN3OS2. The summed E-state index contributed by atoms with van der Waals surface area (Å²) >= 11 is 16.8. The molecule has 2 aliphatic rings. The van der Waals surface area contributed by atoms with Crippen molar-refractivity contribution in [3.05, 3.63) is 29.3 Å². The zero-order chi connectivity index (χ0) is 15.7. The Kier molecular flexibility index (Phi) is 4.34. The molecule has 2 aliphatic heterocycles. The third kappa shape index (κ3) is 2.83. The summed E-state index contributed by atoms with van der Waals surface area (Å²) in [5.74, 6) is 0.807. The van der Waals surface area contributed by atoms with Crippen LogP contribution in [0.15, 0.2) is 29.3 Å². The second-order valence-corrected chi connectivity index (χ2v) is 6.62. The Hall–Kier alpha value is -1.24. The summed E-state index contributed by atoms with van der Waals surface area (Å²) in [6.07, 6.45) is 2.10. The first kappa shape index (κ1) is 15.6. The van der Waals surface area contributed by atoms with Crippen LogP contribution in [0.3, 0.4) is 0 Å². The first-order valence-corrected chi connectivity index (χ1v) is 8.32. The summed E-state index contributed by atoms with van der Waals surface area (Å²) in [5.41, 5.74) is 0.0361. The van der Waals surface area contributed by atoms with Crippen LogP contribution in [-0.2, 0) is 4.74 Å². The van der Waals surface area contributed by atoms with E-state index in [2.05, 4.69) is 10.3 Å². The highest BCUT2D eigenvalue weighted by molar-refractivity contribution is 7.81. The van der Waals surface area contributed by atoms with Crippen LogP contribution in [0.5, 0.6) is 0 Å². The average molecular weight is 354 g/mol. The third-order valence-electron chi connectivity index (χ3n) is 3.78. The highest BCUT2D eigenvalue weighted by atomic mass is 35.5. The second kappa shape index (κ2) is 6.10. The summed E-state index contributed by atoms with van der Waals surface area (Å²) in [6, 6.07) is 7.37. The molecule has 0 radical (unpaired) electrons. The molecule has 0 saturated carbocycles. The van der Waals surface area contributed by atoms with E-state index in [4.69, 9.17) is 40.8 Å². The number of hydrogen-bond acceptors (Lipinski definition) is 4. The van der Waals surface area contributed by atoms with Crippen molar-refractivity contribution in [3.8, 4) is 0 Å². The number of benzene rings is 1. The van der Waals surface area contributed by atoms with Gasteiger partial charge in [0.1, 0.15) is 4.99 Å². The third-order valence-corrected chi connectivity index (χ3v) is 4.83. The number of amidine groups is 1. The van der Waals surface area contributed by atoms with Crippen LogP contribution in [0, 0.1) is 0 Å². The van der Waals surface area contributed by atoms with Crippen LogP contribution < -0.4 is 5.32 Å². The molecule has 1 atom stereocenters. The van der Waals surface area contributed by atoms with Gasteiger partial charge in [-0.05, 0) is 56.2 Å². The van der Waals surface area contributed by atoms with Gasteiger partial charge in [0.25, 0.3) is 5.17 Å². The molecule has 1 aromatic rings. The van der Waals surface area contributed by atoms with Gasteiger partial charge in [0.2, 0.25) is 5.60 Å². The number of halogens is 1. The molecule has 116 valence electrons. The fourth-order valence-corrected chi connectivity index (χ4v) is 3.27. The predicted octanol–water partition coefficient (Wildman–Crippen LogP) is 3.65. The quantitative estimate of drug-likeness (QED) is 0.821. The topological polar surface area (TPSA) is 36.9 Å². The minimum Gasteiger partial charge on any atom is -0.449 e. The molecule has 0 aliphatic carbocycles. The molecule has 1 saturated heterocycles. The molecular weight excluding hydrogens is 338 g/mol. The Morgan fingerprint density at radius 1 is 1.36 bits per heavy atom. The van der Waals surface area contributed by atoms with E-state index in [0.717, 1.165) is 37.5 Å².